The van der Waals surface area contributed by atoms with Crippen LogP contribution in [0.5, 0.6) is 17.2 Å². The average Bonchev–Trinajstić information content (AvgIpc) is 2.59. The molecule has 5 heteroatoms. The summed E-state index contributed by atoms with van der Waals surface area (Å²) in [5, 5.41) is 2.84. The number of amides is 1. The maximum atomic E-state index is 12.0. The number of hydrogen-bond acceptors (Lipinski definition) is 4. The van der Waals surface area contributed by atoms with Crippen molar-refractivity contribution in [3.8, 4) is 17.2 Å². The van der Waals surface area contributed by atoms with Gasteiger partial charge in [-0.3, -0.25) is 4.79 Å². The van der Waals surface area contributed by atoms with E-state index in [1.54, 1.807) is 14.2 Å². The van der Waals surface area contributed by atoms with Crippen LogP contribution in [0.4, 0.5) is 0 Å². The topological polar surface area (TPSA) is 56.8 Å². The SMILES string of the molecule is COc1ccc(CNC(=O)COc2ccccc2C)c(OC)c1C. The fourth-order valence-electron chi connectivity index (χ4n) is 2.48. The predicted octanol–water partition coefficient (Wildman–Crippen LogP) is 3.02. The zero-order valence-corrected chi connectivity index (χ0v) is 14.5. The van der Waals surface area contributed by atoms with Crippen molar-refractivity contribution in [1.82, 2.24) is 5.32 Å². The first-order valence-corrected chi connectivity index (χ1v) is 7.72. The summed E-state index contributed by atoms with van der Waals surface area (Å²) < 4.78 is 16.3. The van der Waals surface area contributed by atoms with E-state index >= 15 is 0 Å². The van der Waals surface area contributed by atoms with E-state index in [1.807, 2.05) is 50.2 Å². The Bertz CT molecular complexity index is 713. The van der Waals surface area contributed by atoms with Crippen LogP contribution in [0.1, 0.15) is 16.7 Å². The molecule has 0 fully saturated rings. The Morgan fingerprint density at radius 2 is 1.75 bits per heavy atom. The fourth-order valence-corrected chi connectivity index (χ4v) is 2.48. The van der Waals surface area contributed by atoms with Crippen molar-refractivity contribution in [3.63, 3.8) is 0 Å². The zero-order valence-electron chi connectivity index (χ0n) is 14.5. The average molecular weight is 329 g/mol. The van der Waals surface area contributed by atoms with Crippen LogP contribution in [0.25, 0.3) is 0 Å². The summed E-state index contributed by atoms with van der Waals surface area (Å²) in [6, 6.07) is 11.3. The predicted molar refractivity (Wildman–Crippen MR) is 92.8 cm³/mol. The zero-order chi connectivity index (χ0) is 17.5. The summed E-state index contributed by atoms with van der Waals surface area (Å²) >= 11 is 0. The Kier molecular flexibility index (Phi) is 6.07. The van der Waals surface area contributed by atoms with Gasteiger partial charge < -0.3 is 19.5 Å². The molecule has 2 aromatic carbocycles. The van der Waals surface area contributed by atoms with Gasteiger partial charge in [-0.2, -0.15) is 0 Å². The Morgan fingerprint density at radius 3 is 2.42 bits per heavy atom. The minimum absolute atomic E-state index is 0.0255. The maximum absolute atomic E-state index is 12.0. The number of ether oxygens (including phenoxy) is 3. The van der Waals surface area contributed by atoms with Crippen molar-refractivity contribution in [1.29, 1.82) is 0 Å². The molecule has 2 aromatic rings. The van der Waals surface area contributed by atoms with Gasteiger partial charge in [0.2, 0.25) is 0 Å². The van der Waals surface area contributed by atoms with E-state index in [4.69, 9.17) is 14.2 Å². The Labute approximate surface area is 142 Å². The van der Waals surface area contributed by atoms with E-state index in [-0.39, 0.29) is 12.5 Å². The van der Waals surface area contributed by atoms with Crippen LogP contribution in [0.2, 0.25) is 0 Å². The van der Waals surface area contributed by atoms with E-state index in [2.05, 4.69) is 5.32 Å². The molecule has 24 heavy (non-hydrogen) atoms. The molecule has 128 valence electrons. The minimum Gasteiger partial charge on any atom is -0.496 e. The maximum Gasteiger partial charge on any atom is 0.258 e. The number of methoxy groups -OCH3 is 2. The summed E-state index contributed by atoms with van der Waals surface area (Å²) in [4.78, 5) is 12.0. The molecule has 0 saturated heterocycles. The summed E-state index contributed by atoms with van der Waals surface area (Å²) in [6.45, 7) is 4.20. The van der Waals surface area contributed by atoms with Gasteiger partial charge in [-0.05, 0) is 37.6 Å². The number of rotatable bonds is 7. The van der Waals surface area contributed by atoms with Crippen LogP contribution >= 0.6 is 0 Å². The smallest absolute Gasteiger partial charge is 0.258 e. The summed E-state index contributed by atoms with van der Waals surface area (Å²) in [5.74, 6) is 2.00. The van der Waals surface area contributed by atoms with Gasteiger partial charge in [0.25, 0.3) is 5.91 Å². The lowest BCUT2D eigenvalue weighted by atomic mass is 10.1. The largest absolute Gasteiger partial charge is 0.496 e. The van der Waals surface area contributed by atoms with Crippen LogP contribution in [0.3, 0.4) is 0 Å². The van der Waals surface area contributed by atoms with E-state index < -0.39 is 0 Å². The van der Waals surface area contributed by atoms with Crippen molar-refractivity contribution in [2.24, 2.45) is 0 Å². The van der Waals surface area contributed by atoms with Crippen LogP contribution in [0, 0.1) is 13.8 Å². The molecule has 2 rings (SSSR count). The third-order valence-corrected chi connectivity index (χ3v) is 3.79. The highest BCUT2D eigenvalue weighted by Crippen LogP contribution is 2.31. The van der Waals surface area contributed by atoms with Gasteiger partial charge in [0.15, 0.2) is 6.61 Å². The van der Waals surface area contributed by atoms with Crippen molar-refractivity contribution < 1.29 is 19.0 Å². The molecular formula is C19H23NO4. The second kappa shape index (κ2) is 8.24. The summed E-state index contributed by atoms with van der Waals surface area (Å²) in [7, 11) is 3.22. The van der Waals surface area contributed by atoms with Crippen molar-refractivity contribution in [3.05, 3.63) is 53.1 Å². The second-order valence-electron chi connectivity index (χ2n) is 5.42. The first-order valence-electron chi connectivity index (χ1n) is 7.72. The molecule has 0 spiro atoms. The molecule has 1 N–H and O–H groups in total. The molecule has 5 nitrogen and oxygen atoms in total. The fraction of sp³-hybridized carbons (Fsp3) is 0.316. The molecule has 0 aromatic heterocycles. The highest BCUT2D eigenvalue weighted by Gasteiger charge is 2.12. The first kappa shape index (κ1) is 17.7. The summed E-state index contributed by atoms with van der Waals surface area (Å²) in [6.07, 6.45) is 0. The third kappa shape index (κ3) is 4.19. The number of nitrogens with one attached hydrogen (secondary N) is 1. The third-order valence-electron chi connectivity index (χ3n) is 3.79. The van der Waals surface area contributed by atoms with Crippen molar-refractivity contribution in [2.45, 2.75) is 20.4 Å². The van der Waals surface area contributed by atoms with Crippen LogP contribution in [0.15, 0.2) is 36.4 Å². The molecule has 0 heterocycles. The van der Waals surface area contributed by atoms with Gasteiger partial charge in [0, 0.05) is 17.7 Å². The summed E-state index contributed by atoms with van der Waals surface area (Å²) in [5.41, 5.74) is 2.79. The molecule has 0 radical (unpaired) electrons. The molecular weight excluding hydrogens is 306 g/mol. The number of carbonyl (C=O) groups excluding carboxylic acids is 1. The molecule has 1 amide bonds. The Hall–Kier alpha value is -2.69. The first-order chi connectivity index (χ1) is 11.6. The lowest BCUT2D eigenvalue weighted by molar-refractivity contribution is -0.123. The monoisotopic (exact) mass is 329 g/mol. The van der Waals surface area contributed by atoms with Gasteiger partial charge in [-0.15, -0.1) is 0 Å². The molecule has 0 atom stereocenters. The number of aryl methyl sites for hydroxylation is 1. The van der Waals surface area contributed by atoms with E-state index in [0.717, 1.165) is 28.2 Å². The molecule has 0 aliphatic heterocycles. The van der Waals surface area contributed by atoms with Crippen molar-refractivity contribution in [2.75, 3.05) is 20.8 Å². The molecule has 0 unspecified atom stereocenters. The van der Waals surface area contributed by atoms with Crippen LogP contribution < -0.4 is 19.5 Å². The Morgan fingerprint density at radius 1 is 1.00 bits per heavy atom. The lowest BCUT2D eigenvalue weighted by Crippen LogP contribution is -2.28. The molecule has 0 bridgehead atoms. The van der Waals surface area contributed by atoms with Crippen LogP contribution in [-0.4, -0.2) is 26.7 Å². The minimum atomic E-state index is -0.186. The van der Waals surface area contributed by atoms with Crippen molar-refractivity contribution >= 4 is 5.91 Å². The quantitative estimate of drug-likeness (QED) is 0.848. The highest BCUT2D eigenvalue weighted by atomic mass is 16.5. The number of benzene rings is 2. The van der Waals surface area contributed by atoms with Gasteiger partial charge in [0.1, 0.15) is 17.2 Å². The van der Waals surface area contributed by atoms with Crippen LogP contribution in [-0.2, 0) is 11.3 Å². The lowest BCUT2D eigenvalue weighted by Gasteiger charge is -2.15. The molecule has 0 saturated carbocycles. The molecule has 0 aliphatic rings. The van der Waals surface area contributed by atoms with Gasteiger partial charge in [-0.1, -0.05) is 18.2 Å². The normalized spacial score (nSPS) is 10.2. The van der Waals surface area contributed by atoms with E-state index in [9.17, 15) is 4.79 Å². The molecule has 0 aliphatic carbocycles. The number of hydrogen-bond donors (Lipinski definition) is 1. The highest BCUT2D eigenvalue weighted by molar-refractivity contribution is 5.77. The van der Waals surface area contributed by atoms with Gasteiger partial charge in [0.05, 0.1) is 14.2 Å². The Balaban J connectivity index is 1.94. The number of para-hydroxylation sites is 1. The van der Waals surface area contributed by atoms with E-state index in [0.29, 0.717) is 12.3 Å². The second-order valence-corrected chi connectivity index (χ2v) is 5.42. The van der Waals surface area contributed by atoms with Gasteiger partial charge >= 0.3 is 0 Å². The van der Waals surface area contributed by atoms with Gasteiger partial charge in [-0.25, -0.2) is 0 Å². The standard InChI is InChI=1S/C19H23NO4/c1-13-7-5-6-8-16(13)24-12-18(21)20-11-15-9-10-17(22-3)14(2)19(15)23-4/h5-10H,11-12H2,1-4H3,(H,20,21). The number of carbonyl (C=O) groups is 1. The van der Waals surface area contributed by atoms with E-state index in [1.165, 1.54) is 0 Å².